The maximum absolute atomic E-state index is 12.2. The van der Waals surface area contributed by atoms with Crippen molar-refractivity contribution in [2.75, 3.05) is 23.7 Å². The molecular weight excluding hydrogens is 427 g/mol. The summed E-state index contributed by atoms with van der Waals surface area (Å²) >= 11 is 11.9. The number of hydrogen-bond donors (Lipinski definition) is 4. The van der Waals surface area contributed by atoms with Gasteiger partial charge in [-0.05, 0) is 42.5 Å². The number of nitrogens with one attached hydrogen (secondary N) is 4. The van der Waals surface area contributed by atoms with Gasteiger partial charge in [-0.15, -0.1) is 0 Å². The zero-order valence-corrected chi connectivity index (χ0v) is 18.4. The summed E-state index contributed by atoms with van der Waals surface area (Å²) in [5.41, 5.74) is 0.945. The summed E-state index contributed by atoms with van der Waals surface area (Å²) in [5.74, 6) is -0.396. The molecule has 0 saturated carbocycles. The molecule has 0 fully saturated rings. The van der Waals surface area contributed by atoms with Crippen molar-refractivity contribution in [3.05, 3.63) is 58.1 Å². The van der Waals surface area contributed by atoms with E-state index in [1.165, 1.54) is 0 Å². The lowest BCUT2D eigenvalue weighted by Crippen LogP contribution is -2.36. The molecule has 2 aromatic rings. The van der Waals surface area contributed by atoms with Crippen LogP contribution in [0.15, 0.2) is 42.5 Å². The number of urea groups is 1. The topological polar surface area (TPSA) is 99.3 Å². The largest absolute Gasteiger partial charge is 0.350 e. The zero-order chi connectivity index (χ0) is 22.3. The average molecular weight is 451 g/mol. The van der Waals surface area contributed by atoms with Crippen molar-refractivity contribution >= 4 is 52.4 Å². The first kappa shape index (κ1) is 23.5. The molecule has 0 heterocycles. The molecule has 0 bridgehead atoms. The van der Waals surface area contributed by atoms with Gasteiger partial charge in [-0.1, -0.05) is 44.0 Å². The van der Waals surface area contributed by atoms with Gasteiger partial charge in [-0.2, -0.15) is 0 Å². The molecule has 2 rings (SSSR count). The number of benzene rings is 2. The Morgan fingerprint density at radius 3 is 2.13 bits per heavy atom. The predicted octanol–water partition coefficient (Wildman–Crippen LogP) is 4.53. The number of carbonyl (C=O) groups excluding carboxylic acids is 3. The minimum absolute atomic E-state index is 0.108. The van der Waals surface area contributed by atoms with Crippen LogP contribution in [0.2, 0.25) is 10.0 Å². The Morgan fingerprint density at radius 2 is 1.50 bits per heavy atom. The molecule has 7 nitrogen and oxygen atoms in total. The molecule has 0 saturated heterocycles. The summed E-state index contributed by atoms with van der Waals surface area (Å²) < 4.78 is 0. The van der Waals surface area contributed by atoms with E-state index in [-0.39, 0.29) is 24.9 Å². The molecule has 30 heavy (non-hydrogen) atoms. The number of hydrogen-bond acceptors (Lipinski definition) is 3. The minimum Gasteiger partial charge on any atom is -0.350 e. The highest BCUT2D eigenvalue weighted by Gasteiger charge is 2.21. The van der Waals surface area contributed by atoms with Crippen LogP contribution >= 0.6 is 23.2 Å². The maximum Gasteiger partial charge on any atom is 0.319 e. The molecule has 0 unspecified atom stereocenters. The van der Waals surface area contributed by atoms with Crippen molar-refractivity contribution in [2.24, 2.45) is 5.41 Å². The lowest BCUT2D eigenvalue weighted by atomic mass is 9.95. The van der Waals surface area contributed by atoms with Crippen molar-refractivity contribution < 1.29 is 14.4 Å². The van der Waals surface area contributed by atoms with E-state index in [1.54, 1.807) is 42.5 Å². The molecule has 4 amide bonds. The average Bonchev–Trinajstić information content (AvgIpc) is 2.67. The number of rotatable bonds is 6. The van der Waals surface area contributed by atoms with Crippen LogP contribution in [0.4, 0.5) is 16.2 Å². The Hall–Kier alpha value is -2.77. The Kier molecular flexibility index (Phi) is 8.08. The van der Waals surface area contributed by atoms with E-state index < -0.39 is 11.4 Å². The van der Waals surface area contributed by atoms with E-state index in [4.69, 9.17) is 23.2 Å². The summed E-state index contributed by atoms with van der Waals surface area (Å²) in [6, 6.07) is 10.8. The normalized spacial score (nSPS) is 10.8. The second-order valence-electron chi connectivity index (χ2n) is 7.54. The molecule has 9 heteroatoms. The third kappa shape index (κ3) is 7.24. The van der Waals surface area contributed by atoms with Crippen molar-refractivity contribution in [2.45, 2.75) is 20.8 Å². The highest BCUT2D eigenvalue weighted by atomic mass is 35.5. The van der Waals surface area contributed by atoms with Gasteiger partial charge in [-0.3, -0.25) is 9.59 Å². The van der Waals surface area contributed by atoms with Gasteiger partial charge in [0.25, 0.3) is 5.91 Å². The molecule has 160 valence electrons. The minimum atomic E-state index is -0.507. The van der Waals surface area contributed by atoms with Crippen LogP contribution in [0, 0.1) is 5.41 Å². The van der Waals surface area contributed by atoms with Crippen molar-refractivity contribution in [1.82, 2.24) is 10.6 Å². The number of halogens is 2. The van der Waals surface area contributed by atoms with Gasteiger partial charge in [0.05, 0.1) is 10.7 Å². The fraction of sp³-hybridized carbons (Fsp3) is 0.286. The fourth-order valence-corrected chi connectivity index (χ4v) is 2.57. The molecule has 0 radical (unpaired) electrons. The first-order chi connectivity index (χ1) is 14.1. The van der Waals surface area contributed by atoms with E-state index in [9.17, 15) is 14.4 Å². The summed E-state index contributed by atoms with van der Waals surface area (Å²) in [4.78, 5) is 36.1. The smallest absolute Gasteiger partial charge is 0.319 e. The SMILES string of the molecule is CC(C)(C)C(=O)Nc1ccc(C(=O)NCCNC(=O)Nc2cc(Cl)ccc2Cl)cc1. The fourth-order valence-electron chi connectivity index (χ4n) is 2.24. The third-order valence-corrected chi connectivity index (χ3v) is 4.52. The number of anilines is 2. The summed E-state index contributed by atoms with van der Waals surface area (Å²) in [5, 5.41) is 11.5. The van der Waals surface area contributed by atoms with E-state index in [0.29, 0.717) is 27.0 Å². The van der Waals surface area contributed by atoms with Crippen LogP contribution in [-0.4, -0.2) is 30.9 Å². The summed E-state index contributed by atoms with van der Waals surface area (Å²) in [6.45, 7) is 5.92. The van der Waals surface area contributed by atoms with E-state index in [1.807, 2.05) is 20.8 Å². The molecule has 0 aromatic heterocycles. The van der Waals surface area contributed by atoms with Crippen LogP contribution in [0.5, 0.6) is 0 Å². The van der Waals surface area contributed by atoms with Gasteiger partial charge in [0.1, 0.15) is 0 Å². The Morgan fingerprint density at radius 1 is 0.867 bits per heavy atom. The Bertz CT molecular complexity index is 925. The number of carbonyl (C=O) groups is 3. The van der Waals surface area contributed by atoms with Crippen LogP contribution < -0.4 is 21.3 Å². The van der Waals surface area contributed by atoms with Crippen molar-refractivity contribution in [3.8, 4) is 0 Å². The van der Waals surface area contributed by atoms with Gasteiger partial charge in [0.2, 0.25) is 5.91 Å². The zero-order valence-electron chi connectivity index (χ0n) is 16.9. The van der Waals surface area contributed by atoms with Gasteiger partial charge >= 0.3 is 6.03 Å². The van der Waals surface area contributed by atoms with E-state index in [0.717, 1.165) is 0 Å². The first-order valence-corrected chi connectivity index (χ1v) is 10.0. The van der Waals surface area contributed by atoms with Crippen LogP contribution in [0.3, 0.4) is 0 Å². The highest BCUT2D eigenvalue weighted by molar-refractivity contribution is 6.35. The van der Waals surface area contributed by atoms with Gasteiger partial charge in [0.15, 0.2) is 0 Å². The molecule has 4 N–H and O–H groups in total. The van der Waals surface area contributed by atoms with Gasteiger partial charge in [0, 0.05) is 34.8 Å². The Balaban J connectivity index is 1.76. The van der Waals surface area contributed by atoms with Crippen LogP contribution in [-0.2, 0) is 4.79 Å². The standard InChI is InChI=1S/C21H24Cl2N4O3/c1-21(2,3)19(29)26-15-7-4-13(5-8-15)18(28)24-10-11-25-20(30)27-17-12-14(22)6-9-16(17)23/h4-9,12H,10-11H2,1-3H3,(H,24,28)(H,26,29)(H2,25,27,30). The number of amides is 4. The van der Waals surface area contributed by atoms with Gasteiger partial charge < -0.3 is 21.3 Å². The summed E-state index contributed by atoms with van der Waals surface area (Å²) in [7, 11) is 0. The predicted molar refractivity (Wildman–Crippen MR) is 120 cm³/mol. The molecule has 0 aliphatic rings. The summed E-state index contributed by atoms with van der Waals surface area (Å²) in [6.07, 6.45) is 0. The second kappa shape index (κ2) is 10.3. The lowest BCUT2D eigenvalue weighted by Gasteiger charge is -2.17. The molecule has 0 atom stereocenters. The van der Waals surface area contributed by atoms with E-state index >= 15 is 0 Å². The highest BCUT2D eigenvalue weighted by Crippen LogP contribution is 2.25. The molecular formula is C21H24Cl2N4O3. The van der Waals surface area contributed by atoms with Crippen molar-refractivity contribution in [1.29, 1.82) is 0 Å². The molecule has 0 aliphatic heterocycles. The van der Waals surface area contributed by atoms with Gasteiger partial charge in [-0.25, -0.2) is 4.79 Å². The molecule has 0 spiro atoms. The molecule has 0 aliphatic carbocycles. The lowest BCUT2D eigenvalue weighted by molar-refractivity contribution is -0.123. The van der Waals surface area contributed by atoms with Crippen LogP contribution in [0.25, 0.3) is 0 Å². The monoisotopic (exact) mass is 450 g/mol. The molecule has 2 aromatic carbocycles. The third-order valence-electron chi connectivity index (χ3n) is 3.96. The quantitative estimate of drug-likeness (QED) is 0.486. The van der Waals surface area contributed by atoms with E-state index in [2.05, 4.69) is 21.3 Å². The van der Waals surface area contributed by atoms with Crippen molar-refractivity contribution in [3.63, 3.8) is 0 Å². The van der Waals surface area contributed by atoms with Crippen LogP contribution in [0.1, 0.15) is 31.1 Å². The maximum atomic E-state index is 12.2. The first-order valence-electron chi connectivity index (χ1n) is 9.26. The second-order valence-corrected chi connectivity index (χ2v) is 8.39. The Labute approximate surface area is 185 Å².